The smallest absolute Gasteiger partial charge is 0.322 e. The van der Waals surface area contributed by atoms with Gasteiger partial charge in [-0.05, 0) is 37.1 Å². The molecule has 1 aromatic carbocycles. The Morgan fingerprint density at radius 3 is 2.82 bits per heavy atom. The van der Waals surface area contributed by atoms with Gasteiger partial charge in [-0.15, -0.1) is 0 Å². The second-order valence-corrected chi connectivity index (χ2v) is 4.60. The summed E-state index contributed by atoms with van der Waals surface area (Å²) in [5.41, 5.74) is 6.39. The van der Waals surface area contributed by atoms with Gasteiger partial charge in [-0.1, -0.05) is 11.6 Å². The molecule has 3 N–H and O–H groups in total. The van der Waals surface area contributed by atoms with Crippen molar-refractivity contribution in [3.63, 3.8) is 0 Å². The number of hydrogen-bond donors (Lipinski definition) is 2. The summed E-state index contributed by atoms with van der Waals surface area (Å²) in [4.78, 5) is 13.8. The summed E-state index contributed by atoms with van der Waals surface area (Å²) >= 11 is 5.78. The van der Waals surface area contributed by atoms with Crippen LogP contribution < -0.4 is 11.1 Å². The maximum absolute atomic E-state index is 12.0. The van der Waals surface area contributed by atoms with Crippen LogP contribution in [0.15, 0.2) is 24.3 Å². The van der Waals surface area contributed by atoms with Crippen LogP contribution in [0.1, 0.15) is 12.8 Å². The molecule has 0 aliphatic carbocycles. The maximum atomic E-state index is 12.0. The number of carbonyl (C=O) groups excluding carboxylic acids is 1. The van der Waals surface area contributed by atoms with Gasteiger partial charge in [0.1, 0.15) is 0 Å². The lowest BCUT2D eigenvalue weighted by atomic mass is 10.2. The number of hydrogen-bond acceptors (Lipinski definition) is 2. The third kappa shape index (κ3) is 2.90. The lowest BCUT2D eigenvalue weighted by Crippen LogP contribution is -2.42. The molecular weight excluding hydrogens is 238 g/mol. The zero-order chi connectivity index (χ0) is 12.3. The first-order valence-electron chi connectivity index (χ1n) is 5.74. The third-order valence-corrected chi connectivity index (χ3v) is 3.26. The summed E-state index contributed by atoms with van der Waals surface area (Å²) in [5, 5.41) is 3.50. The van der Waals surface area contributed by atoms with Gasteiger partial charge in [-0.25, -0.2) is 4.79 Å². The summed E-state index contributed by atoms with van der Waals surface area (Å²) in [7, 11) is 0. The molecule has 5 heteroatoms. The molecule has 2 rings (SSSR count). The first kappa shape index (κ1) is 12.2. The van der Waals surface area contributed by atoms with Gasteiger partial charge in [-0.3, -0.25) is 0 Å². The van der Waals surface area contributed by atoms with Crippen LogP contribution in [-0.2, 0) is 0 Å². The highest BCUT2D eigenvalue weighted by Gasteiger charge is 2.27. The van der Waals surface area contributed by atoms with Crippen LogP contribution in [0, 0.1) is 0 Å². The van der Waals surface area contributed by atoms with Crippen molar-refractivity contribution < 1.29 is 4.79 Å². The van der Waals surface area contributed by atoms with E-state index in [4.69, 9.17) is 17.3 Å². The second kappa shape index (κ2) is 5.38. The van der Waals surface area contributed by atoms with Gasteiger partial charge in [-0.2, -0.15) is 0 Å². The highest BCUT2D eigenvalue weighted by molar-refractivity contribution is 6.30. The summed E-state index contributed by atoms with van der Waals surface area (Å²) in [6, 6.07) is 7.16. The molecule has 0 spiro atoms. The first-order chi connectivity index (χ1) is 8.20. The molecule has 92 valence electrons. The minimum Gasteiger partial charge on any atom is -0.328 e. The molecule has 1 heterocycles. The van der Waals surface area contributed by atoms with Crippen LogP contribution in [0.4, 0.5) is 10.5 Å². The van der Waals surface area contributed by atoms with Crippen LogP contribution in [0.25, 0.3) is 0 Å². The molecule has 1 atom stereocenters. The number of likely N-dealkylation sites (tertiary alicyclic amines) is 1. The zero-order valence-corrected chi connectivity index (χ0v) is 10.3. The van der Waals surface area contributed by atoms with Crippen molar-refractivity contribution in [2.75, 3.05) is 18.4 Å². The Kier molecular flexibility index (Phi) is 3.86. The fourth-order valence-electron chi connectivity index (χ4n) is 2.08. The Balaban J connectivity index is 1.99. The van der Waals surface area contributed by atoms with Crippen LogP contribution in [0.3, 0.4) is 0 Å². The van der Waals surface area contributed by atoms with Crippen molar-refractivity contribution in [1.82, 2.24) is 4.90 Å². The standard InChI is InChI=1S/C12H16ClN3O/c13-9-3-5-10(6-4-9)15-12(17)16-7-1-2-11(16)8-14/h3-6,11H,1-2,7-8,14H2,(H,15,17). The van der Waals surface area contributed by atoms with Crippen molar-refractivity contribution in [3.05, 3.63) is 29.3 Å². The second-order valence-electron chi connectivity index (χ2n) is 4.16. The lowest BCUT2D eigenvalue weighted by Gasteiger charge is -2.23. The van der Waals surface area contributed by atoms with Gasteiger partial charge in [0.05, 0.1) is 0 Å². The molecule has 1 aliphatic heterocycles. The van der Waals surface area contributed by atoms with E-state index in [9.17, 15) is 4.79 Å². The number of nitrogens with one attached hydrogen (secondary N) is 1. The molecule has 0 radical (unpaired) electrons. The number of nitrogens with zero attached hydrogens (tertiary/aromatic N) is 1. The highest BCUT2D eigenvalue weighted by atomic mass is 35.5. The normalized spacial score (nSPS) is 19.4. The summed E-state index contributed by atoms with van der Waals surface area (Å²) in [6.45, 7) is 1.30. The number of anilines is 1. The number of amides is 2. The Bertz CT molecular complexity index is 393. The number of urea groups is 1. The maximum Gasteiger partial charge on any atom is 0.322 e. The highest BCUT2D eigenvalue weighted by Crippen LogP contribution is 2.19. The Hall–Kier alpha value is -1.26. The van der Waals surface area contributed by atoms with Crippen LogP contribution >= 0.6 is 11.6 Å². The fraction of sp³-hybridized carbons (Fsp3) is 0.417. The van der Waals surface area contributed by atoms with E-state index < -0.39 is 0 Å². The summed E-state index contributed by atoms with van der Waals surface area (Å²) in [6.07, 6.45) is 2.01. The molecule has 2 amide bonds. The van der Waals surface area contributed by atoms with E-state index in [-0.39, 0.29) is 12.1 Å². The van der Waals surface area contributed by atoms with Crippen molar-refractivity contribution in [1.29, 1.82) is 0 Å². The fourth-order valence-corrected chi connectivity index (χ4v) is 2.20. The number of carbonyl (C=O) groups is 1. The van der Waals surface area contributed by atoms with E-state index in [2.05, 4.69) is 5.32 Å². The van der Waals surface area contributed by atoms with E-state index >= 15 is 0 Å². The van der Waals surface area contributed by atoms with E-state index in [1.165, 1.54) is 0 Å². The van der Waals surface area contributed by atoms with Crippen molar-refractivity contribution in [2.45, 2.75) is 18.9 Å². The van der Waals surface area contributed by atoms with E-state index in [0.29, 0.717) is 11.6 Å². The van der Waals surface area contributed by atoms with Gasteiger partial charge >= 0.3 is 6.03 Å². The topological polar surface area (TPSA) is 58.4 Å². The molecule has 4 nitrogen and oxygen atoms in total. The predicted molar refractivity (Wildman–Crippen MR) is 69.3 cm³/mol. The number of benzene rings is 1. The van der Waals surface area contributed by atoms with Crippen molar-refractivity contribution >= 4 is 23.3 Å². The first-order valence-corrected chi connectivity index (χ1v) is 6.12. The Morgan fingerprint density at radius 1 is 1.47 bits per heavy atom. The molecular formula is C12H16ClN3O. The molecule has 1 aromatic rings. The quantitative estimate of drug-likeness (QED) is 0.850. The average molecular weight is 254 g/mol. The largest absolute Gasteiger partial charge is 0.328 e. The van der Waals surface area contributed by atoms with Crippen LogP contribution in [-0.4, -0.2) is 30.1 Å². The number of rotatable bonds is 2. The minimum absolute atomic E-state index is 0.0831. The molecule has 1 fully saturated rings. The average Bonchev–Trinajstić information content (AvgIpc) is 2.80. The molecule has 1 aliphatic rings. The Labute approximate surface area is 106 Å². The van der Waals surface area contributed by atoms with E-state index in [1.54, 1.807) is 29.2 Å². The molecule has 0 bridgehead atoms. The Morgan fingerprint density at radius 2 is 2.18 bits per heavy atom. The molecule has 17 heavy (non-hydrogen) atoms. The summed E-state index contributed by atoms with van der Waals surface area (Å²) < 4.78 is 0. The van der Waals surface area contributed by atoms with Crippen molar-refractivity contribution in [3.8, 4) is 0 Å². The summed E-state index contributed by atoms with van der Waals surface area (Å²) in [5.74, 6) is 0. The van der Waals surface area contributed by atoms with E-state index in [1.807, 2.05) is 0 Å². The third-order valence-electron chi connectivity index (χ3n) is 3.01. The zero-order valence-electron chi connectivity index (χ0n) is 9.53. The van der Waals surface area contributed by atoms with Gasteiger partial charge in [0, 0.05) is 29.8 Å². The van der Waals surface area contributed by atoms with Crippen molar-refractivity contribution in [2.24, 2.45) is 5.73 Å². The van der Waals surface area contributed by atoms with Gasteiger partial charge in [0.15, 0.2) is 0 Å². The molecule has 0 saturated carbocycles. The molecule has 1 unspecified atom stereocenters. The van der Waals surface area contributed by atoms with Gasteiger partial charge in [0.2, 0.25) is 0 Å². The van der Waals surface area contributed by atoms with Crippen LogP contribution in [0.5, 0.6) is 0 Å². The minimum atomic E-state index is -0.0831. The monoisotopic (exact) mass is 253 g/mol. The van der Waals surface area contributed by atoms with Crippen LogP contribution in [0.2, 0.25) is 5.02 Å². The molecule has 0 aromatic heterocycles. The number of nitrogens with two attached hydrogens (primary N) is 1. The van der Waals surface area contributed by atoms with E-state index in [0.717, 1.165) is 25.1 Å². The lowest BCUT2D eigenvalue weighted by molar-refractivity contribution is 0.208. The number of halogens is 1. The van der Waals surface area contributed by atoms with Gasteiger partial charge in [0.25, 0.3) is 0 Å². The SMILES string of the molecule is NCC1CCCN1C(=O)Nc1ccc(Cl)cc1. The molecule has 1 saturated heterocycles. The predicted octanol–water partition coefficient (Wildman–Crippen LogP) is 2.29. The van der Waals surface area contributed by atoms with Gasteiger partial charge < -0.3 is 16.0 Å².